The fourth-order valence-electron chi connectivity index (χ4n) is 3.06. The van der Waals surface area contributed by atoms with Gasteiger partial charge in [-0.3, -0.25) is 0 Å². The normalized spacial score (nSPS) is 13.4. The van der Waals surface area contributed by atoms with Crippen molar-refractivity contribution in [2.24, 2.45) is 0 Å². The Morgan fingerprint density at radius 2 is 1.87 bits per heavy atom. The van der Waals surface area contributed by atoms with E-state index in [4.69, 9.17) is 4.74 Å². The van der Waals surface area contributed by atoms with Crippen LogP contribution < -0.4 is 4.74 Å². The van der Waals surface area contributed by atoms with Crippen molar-refractivity contribution in [2.45, 2.75) is 32.4 Å². The number of rotatable bonds is 8. The van der Waals surface area contributed by atoms with Crippen LogP contribution in [0.25, 0.3) is 6.08 Å². The highest BCUT2D eigenvalue weighted by atomic mass is 19.4. The lowest BCUT2D eigenvalue weighted by molar-refractivity contribution is -0.153. The third-order valence-electron chi connectivity index (χ3n) is 4.90. The second kappa shape index (κ2) is 9.68. The molecule has 0 spiro atoms. The molecule has 8 heteroatoms. The summed E-state index contributed by atoms with van der Waals surface area (Å²) in [5, 5.41) is 19.8. The number of aliphatic hydroxyl groups excluding tert-OH is 1. The zero-order valence-corrected chi connectivity index (χ0v) is 17.0. The Balaban J connectivity index is 2.41. The van der Waals surface area contributed by atoms with E-state index < -0.39 is 30.5 Å². The lowest BCUT2D eigenvalue weighted by Crippen LogP contribution is -2.20. The molecule has 0 amide bonds. The van der Waals surface area contributed by atoms with Crippen LogP contribution in [0.5, 0.6) is 5.75 Å². The highest BCUT2D eigenvalue weighted by Gasteiger charge is 2.29. The molecule has 1 atom stereocenters. The van der Waals surface area contributed by atoms with Gasteiger partial charge in [-0.1, -0.05) is 25.6 Å². The molecule has 0 aromatic heterocycles. The molecule has 4 nitrogen and oxygen atoms in total. The minimum atomic E-state index is -4.58. The first-order valence-corrected chi connectivity index (χ1v) is 9.29. The van der Waals surface area contributed by atoms with Crippen molar-refractivity contribution in [1.82, 2.24) is 0 Å². The molecule has 1 unspecified atom stereocenters. The Hall–Kier alpha value is -3.29. The highest BCUT2D eigenvalue weighted by molar-refractivity contribution is 5.88. The van der Waals surface area contributed by atoms with Gasteiger partial charge in [0.2, 0.25) is 0 Å². The van der Waals surface area contributed by atoms with Crippen molar-refractivity contribution in [1.29, 1.82) is 0 Å². The van der Waals surface area contributed by atoms with Crippen LogP contribution >= 0.6 is 0 Å². The molecular weight excluding hydrogens is 416 g/mol. The van der Waals surface area contributed by atoms with Crippen LogP contribution in [0.4, 0.5) is 17.6 Å². The van der Waals surface area contributed by atoms with Crippen molar-refractivity contribution in [3.63, 3.8) is 0 Å². The number of hydrogen-bond donors (Lipinski definition) is 2. The number of carbonyl (C=O) groups is 1. The van der Waals surface area contributed by atoms with Gasteiger partial charge in [0.25, 0.3) is 0 Å². The van der Waals surface area contributed by atoms with Gasteiger partial charge in [0.05, 0.1) is 11.3 Å². The van der Waals surface area contributed by atoms with Gasteiger partial charge in [0.1, 0.15) is 11.6 Å². The fraction of sp³-hybridized carbons (Fsp3) is 0.261. The number of halogens is 4. The Bertz CT molecular complexity index is 1010. The molecule has 0 bridgehead atoms. The number of carboxylic acid groups (broad SMARTS) is 1. The lowest BCUT2D eigenvalue weighted by atomic mass is 9.88. The first kappa shape index (κ1) is 24.0. The van der Waals surface area contributed by atoms with E-state index in [1.807, 2.05) is 0 Å². The number of allylic oxidation sites excluding steroid dienone is 2. The fourth-order valence-corrected chi connectivity index (χ4v) is 3.06. The molecule has 2 aromatic carbocycles. The van der Waals surface area contributed by atoms with E-state index in [2.05, 4.69) is 6.58 Å². The number of hydrogen-bond acceptors (Lipinski definition) is 3. The minimum Gasteiger partial charge on any atom is -0.512 e. The van der Waals surface area contributed by atoms with Crippen LogP contribution in [-0.2, 0) is 6.42 Å². The molecule has 0 aliphatic carbocycles. The Kier molecular flexibility index (Phi) is 7.49. The van der Waals surface area contributed by atoms with E-state index in [0.29, 0.717) is 16.7 Å². The number of aliphatic hydroxyl groups is 1. The summed E-state index contributed by atoms with van der Waals surface area (Å²) in [5.41, 5.74) is 1.61. The first-order valence-electron chi connectivity index (χ1n) is 9.29. The summed E-state index contributed by atoms with van der Waals surface area (Å²) in [6, 6.07) is 7.56. The van der Waals surface area contributed by atoms with Gasteiger partial charge in [0.15, 0.2) is 6.61 Å². The van der Waals surface area contributed by atoms with E-state index in [0.717, 1.165) is 18.2 Å². The average Bonchev–Trinajstić information content (AvgIpc) is 2.70. The molecule has 2 aromatic rings. The van der Waals surface area contributed by atoms with E-state index >= 15 is 0 Å². The molecule has 0 saturated carbocycles. The van der Waals surface area contributed by atoms with Gasteiger partial charge >= 0.3 is 12.1 Å². The van der Waals surface area contributed by atoms with Gasteiger partial charge < -0.3 is 14.9 Å². The summed E-state index contributed by atoms with van der Waals surface area (Å²) in [6.45, 7) is 5.48. The zero-order valence-electron chi connectivity index (χ0n) is 17.0. The smallest absolute Gasteiger partial charge is 0.422 e. The quantitative estimate of drug-likeness (QED) is 0.376. The standard InChI is InChI=1S/C23H22F4O4/c1-4-15-5-7-18(24)11-19(15)13(2)14(3)20(28)10-17-9-16(22(29)30)6-8-21(17)31-12-23(25,26)27/h4-9,11,13,28H,1,10,12H2,2-3H3,(H,29,30). The van der Waals surface area contributed by atoms with Crippen LogP contribution in [0.2, 0.25) is 0 Å². The monoisotopic (exact) mass is 438 g/mol. The summed E-state index contributed by atoms with van der Waals surface area (Å²) < 4.78 is 56.2. The molecule has 0 radical (unpaired) electrons. The van der Waals surface area contributed by atoms with Gasteiger partial charge in [-0.05, 0) is 54.0 Å². The molecule has 0 aliphatic rings. The molecule has 2 rings (SSSR count). The summed E-state index contributed by atoms with van der Waals surface area (Å²) in [5.74, 6) is -2.55. The van der Waals surface area contributed by atoms with E-state index in [1.54, 1.807) is 26.0 Å². The van der Waals surface area contributed by atoms with Crippen LogP contribution in [0.3, 0.4) is 0 Å². The molecule has 31 heavy (non-hydrogen) atoms. The molecule has 2 N–H and O–H groups in total. The molecule has 0 heterocycles. The van der Waals surface area contributed by atoms with Gasteiger partial charge in [-0.2, -0.15) is 13.2 Å². The maximum Gasteiger partial charge on any atom is 0.422 e. The molecule has 166 valence electrons. The second-order valence-electron chi connectivity index (χ2n) is 7.04. The number of ether oxygens (including phenoxy) is 1. The van der Waals surface area contributed by atoms with Crippen LogP contribution in [0, 0.1) is 5.82 Å². The Labute approximate surface area is 177 Å². The summed E-state index contributed by atoms with van der Waals surface area (Å²) >= 11 is 0. The molecule has 0 fully saturated rings. The predicted octanol–water partition coefficient (Wildman–Crippen LogP) is 6.29. The summed E-state index contributed by atoms with van der Waals surface area (Å²) in [4.78, 5) is 11.3. The van der Waals surface area contributed by atoms with E-state index in [9.17, 15) is 32.6 Å². The predicted molar refractivity (Wildman–Crippen MR) is 109 cm³/mol. The van der Waals surface area contributed by atoms with Gasteiger partial charge in [0, 0.05) is 17.9 Å². The number of carboxylic acids is 1. The maximum atomic E-state index is 13.7. The van der Waals surface area contributed by atoms with Gasteiger partial charge in [-0.15, -0.1) is 0 Å². The number of alkyl halides is 3. The zero-order chi connectivity index (χ0) is 23.3. The molecule has 0 aliphatic heterocycles. The first-order chi connectivity index (χ1) is 14.4. The maximum absolute atomic E-state index is 13.7. The number of aromatic carboxylic acids is 1. The van der Waals surface area contributed by atoms with Crippen LogP contribution in [0.15, 0.2) is 54.3 Å². The van der Waals surface area contributed by atoms with E-state index in [-0.39, 0.29) is 29.1 Å². The van der Waals surface area contributed by atoms with Crippen LogP contribution in [0.1, 0.15) is 46.8 Å². The topological polar surface area (TPSA) is 66.8 Å². The third-order valence-corrected chi connectivity index (χ3v) is 4.90. The largest absolute Gasteiger partial charge is 0.512 e. The molecular formula is C23H22F4O4. The Morgan fingerprint density at radius 1 is 1.19 bits per heavy atom. The number of benzene rings is 2. The summed E-state index contributed by atoms with van der Waals surface area (Å²) in [7, 11) is 0. The average molecular weight is 438 g/mol. The minimum absolute atomic E-state index is 0.0800. The molecule has 0 saturated heterocycles. The van der Waals surface area contributed by atoms with Crippen molar-refractivity contribution >= 4 is 12.0 Å². The van der Waals surface area contributed by atoms with Crippen molar-refractivity contribution in [3.8, 4) is 5.75 Å². The van der Waals surface area contributed by atoms with Crippen molar-refractivity contribution in [2.75, 3.05) is 6.61 Å². The summed E-state index contributed by atoms with van der Waals surface area (Å²) in [6.07, 6.45) is -3.29. The van der Waals surface area contributed by atoms with E-state index in [1.165, 1.54) is 12.1 Å². The van der Waals surface area contributed by atoms with Crippen molar-refractivity contribution in [3.05, 3.63) is 82.4 Å². The van der Waals surface area contributed by atoms with Gasteiger partial charge in [-0.25, -0.2) is 9.18 Å². The second-order valence-corrected chi connectivity index (χ2v) is 7.04. The van der Waals surface area contributed by atoms with Crippen LogP contribution in [-0.4, -0.2) is 29.0 Å². The highest BCUT2D eigenvalue weighted by Crippen LogP contribution is 2.32. The Morgan fingerprint density at radius 3 is 2.45 bits per heavy atom. The SMILES string of the molecule is C=Cc1ccc(F)cc1C(C)C(C)=C(O)Cc1cc(C(=O)O)ccc1OCC(F)(F)F. The third kappa shape index (κ3) is 6.34. The lowest BCUT2D eigenvalue weighted by Gasteiger charge is -2.19. The van der Waals surface area contributed by atoms with Crippen molar-refractivity contribution < 1.29 is 37.3 Å².